The number of para-hydroxylation sites is 9. The zero-order valence-corrected chi connectivity index (χ0v) is 82.2. The number of benzene rings is 13. The number of ketones is 2. The zero-order chi connectivity index (χ0) is 81.6. The number of hydrogen-bond donors (Lipinski definition) is 0. The van der Waals surface area contributed by atoms with Crippen molar-refractivity contribution >= 4 is 254 Å². The third-order valence-electron chi connectivity index (χ3n) is 21.3. The minimum atomic E-state index is -3.99. The fourth-order valence-corrected chi connectivity index (χ4v) is 167. The van der Waals surface area contributed by atoms with Crippen molar-refractivity contribution in [1.82, 2.24) is 13.7 Å². The number of carbonyl (C=O) groups excluding carboxylic acids is 2. The molecule has 8 atom stereocenters. The molecule has 1 fully saturated rings. The Kier molecular flexibility index (Phi) is 25.4. The van der Waals surface area contributed by atoms with Crippen LogP contribution in [0.1, 0.15) is 59.5 Å². The van der Waals surface area contributed by atoms with Gasteiger partial charge in [0.05, 0.1) is 75.3 Å². The molecule has 582 valence electrons. The highest BCUT2D eigenvalue weighted by Crippen LogP contribution is 3.21. The molecular formula is C86H76BBr2N3O8P14S2. The fraction of sp³-hybridized carbons (Fsp3) is 0.0698. The Morgan fingerprint density at radius 2 is 0.560 bits per heavy atom. The molecule has 0 N–H and O–H groups in total. The van der Waals surface area contributed by atoms with E-state index in [2.05, 4.69) is 278 Å². The first-order valence-electron chi connectivity index (χ1n) is 36.4. The summed E-state index contributed by atoms with van der Waals surface area (Å²) in [5, 5.41) is 7.08. The molecule has 1 saturated heterocycles. The zero-order valence-electron chi connectivity index (χ0n) is 62.8. The second kappa shape index (κ2) is 34.6. The Bertz CT molecular complexity index is 6420. The smallest absolute Gasteiger partial charge is 0.399 e. The maximum Gasteiger partial charge on any atom is 0.496 e. The number of fused-ring (bicyclic) bond motifs is 13. The minimum Gasteiger partial charge on any atom is -0.399 e. The molecular weight excluding hydrogens is 1870 g/mol. The van der Waals surface area contributed by atoms with Crippen molar-refractivity contribution in [3.05, 3.63) is 322 Å². The van der Waals surface area contributed by atoms with Crippen LogP contribution in [0.15, 0.2) is 320 Å². The Balaban J connectivity index is 0.000000137. The molecule has 0 amide bonds. The second-order valence-electron chi connectivity index (χ2n) is 28.7. The number of hydrogen-bond acceptors (Lipinski definition) is 8. The topological polar surface area (TPSA) is 136 Å². The Morgan fingerprint density at radius 3 is 0.871 bits per heavy atom. The van der Waals surface area contributed by atoms with Gasteiger partial charge in [-0.05, 0) is 196 Å². The van der Waals surface area contributed by atoms with Gasteiger partial charge in [0, 0.05) is 85.8 Å². The predicted molar refractivity (Wildman–Crippen MR) is 534 cm³/mol. The molecule has 8 unspecified atom stereocenters. The summed E-state index contributed by atoms with van der Waals surface area (Å²) < 4.78 is 74.4. The molecule has 16 aromatic rings. The number of halogens is 2. The highest BCUT2D eigenvalue weighted by atomic mass is 79.9. The van der Waals surface area contributed by atoms with Crippen LogP contribution < -0.4 is 5.46 Å². The highest BCUT2D eigenvalue weighted by molar-refractivity contribution is 9.27. The second-order valence-corrected chi connectivity index (χ2v) is 87.8. The van der Waals surface area contributed by atoms with E-state index < -0.39 is 26.8 Å². The lowest BCUT2D eigenvalue weighted by Gasteiger charge is -2.37. The number of rotatable bonds is 11. The van der Waals surface area contributed by atoms with E-state index in [0.717, 1.165) is 88.4 Å². The highest BCUT2D eigenvalue weighted by Gasteiger charge is 2.52. The molecule has 3 aliphatic rings. The van der Waals surface area contributed by atoms with Crippen LogP contribution in [-0.4, -0.2) is 60.4 Å². The van der Waals surface area contributed by atoms with Crippen LogP contribution in [-0.2, 0) is 29.0 Å². The van der Waals surface area contributed by atoms with Crippen molar-refractivity contribution in [2.24, 2.45) is 0 Å². The maximum atomic E-state index is 14.6. The standard InChI is InChI=1S/C49H30N2O3S.C24H24BNO2.C13H6Br2O3S.H16P14/c52-49-39-29-31(33-13-1-7-19-41(33)50-43-21-9-3-15-35(43)36-16-4-10-22-44(36)50)25-27-47(39)55(53,54)48-28-26-32(30-40(48)49)34-14-2-8-20-42(34)51-45-23-11-5-17-37(45)38-18-6-12-24-46(38)51;1-23(2)24(3,4)28-25(27-23)19-13-7-10-16-22(19)26-20-14-8-5-11-17(20)18-12-6-9-15-21(18)26;14-7-1-3-11-9(5-7)13(16)10-6-8(15)2-4-12(10)19(11,17)18;1-9(2)13(10(3)4)14(11(5)6)12(7)8/h1-30H;5-16H,1-4H3;1-6H;1-8H2. The maximum absolute atomic E-state index is 14.6. The summed E-state index contributed by atoms with van der Waals surface area (Å²) in [5.74, 6) is -0.588. The lowest BCUT2D eigenvalue weighted by molar-refractivity contribution is 0.00578. The molecule has 11 nitrogen and oxygen atoms in total. The van der Waals surface area contributed by atoms with Crippen molar-refractivity contribution in [3.63, 3.8) is 0 Å². The molecule has 30 heteroatoms. The van der Waals surface area contributed by atoms with Crippen LogP contribution in [0.4, 0.5) is 0 Å². The molecule has 0 aliphatic carbocycles. The summed E-state index contributed by atoms with van der Waals surface area (Å²) in [6.07, 6.45) is 0. The van der Waals surface area contributed by atoms with Gasteiger partial charge in [-0.15, -0.1) is 71.4 Å². The molecule has 19 rings (SSSR count). The van der Waals surface area contributed by atoms with Gasteiger partial charge in [-0.25, -0.2) is 16.8 Å². The summed E-state index contributed by atoms with van der Waals surface area (Å²) in [6, 6.07) is 94.5. The third kappa shape index (κ3) is 15.8. The molecule has 0 saturated carbocycles. The third-order valence-corrected chi connectivity index (χ3v) is 105. The molecule has 0 spiro atoms. The summed E-state index contributed by atoms with van der Waals surface area (Å²) >= 11 is 6.51. The van der Waals surface area contributed by atoms with Gasteiger partial charge in [0.25, 0.3) is 0 Å². The molecule has 13 aromatic carbocycles. The van der Waals surface area contributed by atoms with Gasteiger partial charge in [0.1, 0.15) is 0 Å². The molecule has 0 radical (unpaired) electrons. The lowest BCUT2D eigenvalue weighted by Crippen LogP contribution is -2.41. The lowest BCUT2D eigenvalue weighted by atomic mass is 9.77. The fourth-order valence-electron chi connectivity index (χ4n) is 15.4. The van der Waals surface area contributed by atoms with Crippen LogP contribution in [0, 0.1) is 0 Å². The Hall–Kier alpha value is -4.54. The van der Waals surface area contributed by atoms with Crippen molar-refractivity contribution in [2.45, 2.75) is 58.5 Å². The molecule has 3 aromatic heterocycles. The van der Waals surface area contributed by atoms with Crippen LogP contribution in [0.25, 0.3) is 105 Å². The first kappa shape index (κ1) is 85.0. The number of sulfone groups is 2. The molecule has 116 heavy (non-hydrogen) atoms. The summed E-state index contributed by atoms with van der Waals surface area (Å²) in [4.78, 5) is 27.2. The first-order valence-corrected chi connectivity index (χ1v) is 65.5. The van der Waals surface area contributed by atoms with Crippen molar-refractivity contribution in [2.75, 3.05) is 0 Å². The summed E-state index contributed by atoms with van der Waals surface area (Å²) in [7, 11) is 16.4. The molecule has 0 bridgehead atoms. The van der Waals surface area contributed by atoms with E-state index >= 15 is 0 Å². The van der Waals surface area contributed by atoms with Gasteiger partial charge in [0.15, 0.2) is 11.6 Å². The van der Waals surface area contributed by atoms with E-state index in [-0.39, 0.29) is 107 Å². The van der Waals surface area contributed by atoms with Gasteiger partial charge in [-0.2, -0.15) is 0 Å². The summed E-state index contributed by atoms with van der Waals surface area (Å²) in [5.41, 5.74) is 14.0. The number of aromatic nitrogens is 3. The quantitative estimate of drug-likeness (QED) is 0.0923. The van der Waals surface area contributed by atoms with Crippen molar-refractivity contribution < 1.29 is 35.7 Å². The normalized spacial score (nSPS) is 14.9. The monoisotopic (exact) mass is 1940 g/mol. The van der Waals surface area contributed by atoms with Gasteiger partial charge in [0.2, 0.25) is 19.7 Å². The van der Waals surface area contributed by atoms with Crippen LogP contribution in [0.5, 0.6) is 0 Å². The van der Waals surface area contributed by atoms with E-state index in [1.54, 1.807) is 48.5 Å². The van der Waals surface area contributed by atoms with Crippen molar-refractivity contribution in [3.8, 4) is 39.3 Å². The van der Waals surface area contributed by atoms with Gasteiger partial charge in [-0.1, -0.05) is 208 Å². The average Bonchev–Trinajstić information content (AvgIpc) is 0.792. The van der Waals surface area contributed by atoms with E-state index in [1.165, 1.54) is 33.9 Å². The molecule has 6 heterocycles. The minimum absolute atomic E-state index is 0.0292. The van der Waals surface area contributed by atoms with E-state index in [9.17, 15) is 26.4 Å². The Morgan fingerprint density at radius 1 is 0.310 bits per heavy atom. The predicted octanol–water partition coefficient (Wildman–Crippen LogP) is 28.0. The van der Waals surface area contributed by atoms with Gasteiger partial charge >= 0.3 is 7.12 Å². The first-order chi connectivity index (χ1) is 55.6. The Labute approximate surface area is 717 Å². The summed E-state index contributed by atoms with van der Waals surface area (Å²) in [6.45, 7) is 9.11. The van der Waals surface area contributed by atoms with Crippen LogP contribution in [0.2, 0.25) is 0 Å². The number of carbonyl (C=O) groups is 2. The van der Waals surface area contributed by atoms with E-state index in [4.69, 9.17) is 9.31 Å². The average molecular weight is 1950 g/mol. The van der Waals surface area contributed by atoms with Crippen LogP contribution in [0.3, 0.4) is 0 Å². The van der Waals surface area contributed by atoms with Crippen molar-refractivity contribution in [1.29, 1.82) is 0 Å². The largest absolute Gasteiger partial charge is 0.496 e. The molecule has 3 aliphatic heterocycles. The van der Waals surface area contributed by atoms with Crippen LogP contribution >= 0.6 is 145 Å². The van der Waals surface area contributed by atoms with E-state index in [0.29, 0.717) is 8.95 Å². The van der Waals surface area contributed by atoms with E-state index in [1.807, 2.05) is 97.1 Å². The van der Waals surface area contributed by atoms with Gasteiger partial charge in [-0.3, -0.25) is 9.59 Å². The SMILES string of the molecule is CC1(C)OB(c2ccccc2-n2c3ccccc3c3ccccc32)OC1(C)C.O=C1c2cc(-c3ccccc3-n3c4ccccc4c4ccccc43)ccc2S(=O)(=O)c2ccc(-c3ccccc3-n3c4ccccc4c4ccccc43)cc21.O=C1c2cc(Br)ccc2S(=O)(=O)c2ccc(Br)cc21.PP(P)P(P(P)P)P(P(P)P)P(P)P. The van der Waals surface area contributed by atoms with Gasteiger partial charge < -0.3 is 23.0 Å². The number of nitrogens with zero attached hydrogens (tertiary/aromatic N) is 3.